The van der Waals surface area contributed by atoms with E-state index in [1.165, 1.54) is 5.56 Å². The van der Waals surface area contributed by atoms with Crippen molar-refractivity contribution in [2.45, 2.75) is 24.9 Å². The van der Waals surface area contributed by atoms with Crippen molar-refractivity contribution >= 4 is 18.3 Å². The number of likely N-dealkylation sites (tertiary alicyclic amines) is 1. The first-order chi connectivity index (χ1) is 13.7. The van der Waals surface area contributed by atoms with Crippen molar-refractivity contribution in [1.29, 1.82) is 0 Å². The molecule has 0 aromatic heterocycles. The van der Waals surface area contributed by atoms with E-state index >= 15 is 0 Å². The zero-order valence-corrected chi connectivity index (χ0v) is 17.4. The molecule has 0 bridgehead atoms. The molecule has 1 amide bonds. The van der Waals surface area contributed by atoms with Crippen LogP contribution >= 0.6 is 12.4 Å². The lowest BCUT2D eigenvalue weighted by molar-refractivity contribution is 0.0679. The number of hydrogen-bond acceptors (Lipinski definition) is 4. The van der Waals surface area contributed by atoms with Crippen LogP contribution in [0.15, 0.2) is 54.6 Å². The number of halogens is 1. The topological polar surface area (TPSA) is 64.8 Å². The van der Waals surface area contributed by atoms with Gasteiger partial charge in [-0.05, 0) is 55.1 Å². The van der Waals surface area contributed by atoms with E-state index in [1.54, 1.807) is 0 Å². The summed E-state index contributed by atoms with van der Waals surface area (Å²) in [5, 5.41) is 0. The summed E-state index contributed by atoms with van der Waals surface area (Å²) in [6, 6.07) is 17.8. The van der Waals surface area contributed by atoms with Gasteiger partial charge in [-0.1, -0.05) is 30.3 Å². The van der Waals surface area contributed by atoms with E-state index in [1.807, 2.05) is 47.4 Å². The lowest BCUT2D eigenvalue weighted by Gasteiger charge is -2.17. The van der Waals surface area contributed by atoms with Crippen LogP contribution in [0, 0.1) is 5.92 Å². The Kier molecular flexibility index (Phi) is 7.53. The van der Waals surface area contributed by atoms with E-state index in [2.05, 4.69) is 12.1 Å². The summed E-state index contributed by atoms with van der Waals surface area (Å²) in [7, 11) is 0. The van der Waals surface area contributed by atoms with Gasteiger partial charge in [-0.25, -0.2) is 0 Å². The third-order valence-electron chi connectivity index (χ3n) is 5.82. The zero-order chi connectivity index (χ0) is 19.3. The molecule has 29 heavy (non-hydrogen) atoms. The van der Waals surface area contributed by atoms with Gasteiger partial charge < -0.3 is 20.1 Å². The Morgan fingerprint density at radius 1 is 1.10 bits per heavy atom. The average Bonchev–Trinajstić information content (AvgIpc) is 3.42. The summed E-state index contributed by atoms with van der Waals surface area (Å²) in [5.41, 5.74) is 7.95. The monoisotopic (exact) mass is 416 g/mol. The fourth-order valence-corrected chi connectivity index (χ4v) is 4.20. The minimum absolute atomic E-state index is 0. The molecule has 0 saturated carbocycles. The molecule has 6 heteroatoms. The third-order valence-corrected chi connectivity index (χ3v) is 5.82. The fourth-order valence-electron chi connectivity index (χ4n) is 4.20. The number of amides is 1. The predicted octanol–water partition coefficient (Wildman–Crippen LogP) is 3.48. The van der Waals surface area contributed by atoms with Gasteiger partial charge in [0.1, 0.15) is 12.4 Å². The highest BCUT2D eigenvalue weighted by Gasteiger charge is 2.35. The van der Waals surface area contributed by atoms with E-state index < -0.39 is 0 Å². The highest BCUT2D eigenvalue weighted by molar-refractivity contribution is 5.94. The number of hydrogen-bond donors (Lipinski definition) is 1. The molecule has 2 aromatic rings. The molecule has 2 aromatic carbocycles. The first kappa shape index (κ1) is 21.6. The van der Waals surface area contributed by atoms with E-state index in [0.717, 1.165) is 25.2 Å². The Balaban J connectivity index is 0.00000240. The predicted molar refractivity (Wildman–Crippen MR) is 116 cm³/mol. The minimum Gasteiger partial charge on any atom is -0.491 e. The van der Waals surface area contributed by atoms with Crippen molar-refractivity contribution in [2.24, 2.45) is 11.7 Å². The van der Waals surface area contributed by atoms with Crippen molar-refractivity contribution in [3.8, 4) is 5.75 Å². The van der Waals surface area contributed by atoms with Crippen molar-refractivity contribution < 1.29 is 14.3 Å². The molecule has 4 rings (SSSR count). The minimum atomic E-state index is 0. The molecule has 2 aliphatic heterocycles. The second-order valence-corrected chi connectivity index (χ2v) is 7.69. The van der Waals surface area contributed by atoms with Crippen LogP contribution in [0.2, 0.25) is 0 Å². The molecule has 1 unspecified atom stereocenters. The van der Waals surface area contributed by atoms with Gasteiger partial charge in [-0.2, -0.15) is 0 Å². The fraction of sp³-hybridized carbons (Fsp3) is 0.435. The molecule has 2 heterocycles. The molecule has 2 saturated heterocycles. The largest absolute Gasteiger partial charge is 0.491 e. The Labute approximate surface area is 178 Å². The maximum Gasteiger partial charge on any atom is 0.253 e. The Hall–Kier alpha value is -2.08. The maximum atomic E-state index is 13.0. The zero-order valence-electron chi connectivity index (χ0n) is 16.5. The first-order valence-electron chi connectivity index (χ1n) is 10.1. The quantitative estimate of drug-likeness (QED) is 0.782. The molecular formula is C23H29ClN2O3. The molecule has 2 N–H and O–H groups in total. The van der Waals surface area contributed by atoms with Gasteiger partial charge in [-0.15, -0.1) is 12.4 Å². The molecule has 3 atom stereocenters. The van der Waals surface area contributed by atoms with Gasteiger partial charge >= 0.3 is 0 Å². The number of benzene rings is 2. The lowest BCUT2D eigenvalue weighted by Crippen LogP contribution is -2.29. The van der Waals surface area contributed by atoms with Crippen molar-refractivity contribution in [3.63, 3.8) is 0 Å². The maximum absolute atomic E-state index is 13.0. The number of nitrogens with zero attached hydrogens (tertiary/aromatic N) is 1. The van der Waals surface area contributed by atoms with Gasteiger partial charge in [0, 0.05) is 31.2 Å². The summed E-state index contributed by atoms with van der Waals surface area (Å²) < 4.78 is 11.4. The SMILES string of the molecule is Cl.NC[C@@H]1CN(C(=O)c2ccc(OCC3CCCO3)cc2)C[C@H]1c1ccccc1. The van der Waals surface area contributed by atoms with Crippen molar-refractivity contribution in [1.82, 2.24) is 4.90 Å². The molecule has 0 spiro atoms. The van der Waals surface area contributed by atoms with Crippen LogP contribution in [0.25, 0.3) is 0 Å². The molecular weight excluding hydrogens is 388 g/mol. The number of nitrogens with two attached hydrogens (primary N) is 1. The highest BCUT2D eigenvalue weighted by Crippen LogP contribution is 2.33. The summed E-state index contributed by atoms with van der Waals surface area (Å²) >= 11 is 0. The second kappa shape index (κ2) is 10.1. The van der Waals surface area contributed by atoms with Crippen LogP contribution in [0.5, 0.6) is 5.75 Å². The molecule has 2 fully saturated rings. The van der Waals surface area contributed by atoms with Crippen LogP contribution in [0.4, 0.5) is 0 Å². The number of carbonyl (C=O) groups is 1. The normalized spacial score (nSPS) is 23.6. The Bertz CT molecular complexity index is 778. The Morgan fingerprint density at radius 2 is 1.86 bits per heavy atom. The second-order valence-electron chi connectivity index (χ2n) is 7.69. The molecule has 5 nitrogen and oxygen atoms in total. The molecule has 0 radical (unpaired) electrons. The Morgan fingerprint density at radius 3 is 2.52 bits per heavy atom. The average molecular weight is 417 g/mol. The molecule has 0 aliphatic carbocycles. The van der Waals surface area contributed by atoms with Gasteiger partial charge in [0.2, 0.25) is 0 Å². The van der Waals surface area contributed by atoms with E-state index in [0.29, 0.717) is 43.6 Å². The van der Waals surface area contributed by atoms with Crippen LogP contribution in [-0.4, -0.2) is 49.8 Å². The summed E-state index contributed by atoms with van der Waals surface area (Å²) in [5.74, 6) is 1.42. The van der Waals surface area contributed by atoms with Crippen LogP contribution in [-0.2, 0) is 4.74 Å². The number of rotatable bonds is 6. The smallest absolute Gasteiger partial charge is 0.253 e. The highest BCUT2D eigenvalue weighted by atomic mass is 35.5. The van der Waals surface area contributed by atoms with Crippen LogP contribution < -0.4 is 10.5 Å². The van der Waals surface area contributed by atoms with Crippen molar-refractivity contribution in [3.05, 3.63) is 65.7 Å². The summed E-state index contributed by atoms with van der Waals surface area (Å²) in [6.45, 7) is 3.38. The first-order valence-corrected chi connectivity index (χ1v) is 10.1. The number of carbonyl (C=O) groups excluding carboxylic acids is 1. The standard InChI is InChI=1S/C23H28N2O3.ClH/c24-13-19-14-25(15-22(19)17-5-2-1-3-6-17)23(26)18-8-10-20(11-9-18)28-16-21-7-4-12-27-21;/h1-3,5-6,8-11,19,21-22H,4,7,12-16,24H2;1H/t19-,21?,22+;/m1./s1. The summed E-state index contributed by atoms with van der Waals surface area (Å²) in [6.07, 6.45) is 2.34. The van der Waals surface area contributed by atoms with Gasteiger partial charge in [0.25, 0.3) is 5.91 Å². The molecule has 2 aliphatic rings. The van der Waals surface area contributed by atoms with E-state index in [9.17, 15) is 4.79 Å². The third kappa shape index (κ3) is 5.10. The lowest BCUT2D eigenvalue weighted by atomic mass is 9.89. The van der Waals surface area contributed by atoms with Gasteiger partial charge in [0.15, 0.2) is 0 Å². The van der Waals surface area contributed by atoms with E-state index in [-0.39, 0.29) is 24.4 Å². The van der Waals surface area contributed by atoms with Crippen LogP contribution in [0.3, 0.4) is 0 Å². The summed E-state index contributed by atoms with van der Waals surface area (Å²) in [4.78, 5) is 14.9. The van der Waals surface area contributed by atoms with E-state index in [4.69, 9.17) is 15.2 Å². The van der Waals surface area contributed by atoms with Crippen LogP contribution in [0.1, 0.15) is 34.7 Å². The number of ether oxygens (including phenoxy) is 2. The molecule has 156 valence electrons. The van der Waals surface area contributed by atoms with Gasteiger partial charge in [-0.3, -0.25) is 4.79 Å². The van der Waals surface area contributed by atoms with Gasteiger partial charge in [0.05, 0.1) is 6.10 Å². The van der Waals surface area contributed by atoms with Crippen molar-refractivity contribution in [2.75, 3.05) is 32.8 Å².